The van der Waals surface area contributed by atoms with Crippen LogP contribution in [-0.4, -0.2) is 20.9 Å². The zero-order valence-electron chi connectivity index (χ0n) is 8.48. The summed E-state index contributed by atoms with van der Waals surface area (Å²) in [4.78, 5) is 11.7. The number of aromatic carboxylic acids is 1. The number of aryl methyl sites for hydroxylation is 1. The van der Waals surface area contributed by atoms with Crippen LogP contribution in [0.3, 0.4) is 0 Å². The Bertz CT molecular complexity index is 533. The standard InChI is InChI=1S/C10H9ClN2O2S/c1-2-13-7(5-6(12-13)10(14)15)8-3-4-9(11)16-8/h3-5H,2H2,1H3,(H,14,15). The van der Waals surface area contributed by atoms with Gasteiger partial charge >= 0.3 is 5.97 Å². The van der Waals surface area contributed by atoms with Crippen LogP contribution in [-0.2, 0) is 6.54 Å². The average molecular weight is 257 g/mol. The molecule has 2 rings (SSSR count). The van der Waals surface area contributed by atoms with Crippen molar-refractivity contribution in [1.82, 2.24) is 9.78 Å². The van der Waals surface area contributed by atoms with Crippen molar-refractivity contribution >= 4 is 28.9 Å². The molecule has 0 atom stereocenters. The van der Waals surface area contributed by atoms with E-state index in [9.17, 15) is 4.79 Å². The number of carboxylic acid groups (broad SMARTS) is 1. The summed E-state index contributed by atoms with van der Waals surface area (Å²) in [6, 6.07) is 5.21. The van der Waals surface area contributed by atoms with E-state index in [2.05, 4.69) is 5.10 Å². The SMILES string of the molecule is CCn1nc(C(=O)O)cc1-c1ccc(Cl)s1. The second kappa shape index (κ2) is 4.27. The molecule has 0 unspecified atom stereocenters. The van der Waals surface area contributed by atoms with Crippen LogP contribution in [0.25, 0.3) is 10.6 Å². The molecule has 2 heterocycles. The summed E-state index contributed by atoms with van der Waals surface area (Å²) < 4.78 is 2.33. The van der Waals surface area contributed by atoms with Crippen LogP contribution in [0.5, 0.6) is 0 Å². The number of aromatic nitrogens is 2. The highest BCUT2D eigenvalue weighted by molar-refractivity contribution is 7.19. The molecule has 6 heteroatoms. The van der Waals surface area contributed by atoms with Gasteiger partial charge in [0.15, 0.2) is 5.69 Å². The van der Waals surface area contributed by atoms with Gasteiger partial charge in [0.2, 0.25) is 0 Å². The van der Waals surface area contributed by atoms with Crippen molar-refractivity contribution in [2.75, 3.05) is 0 Å². The van der Waals surface area contributed by atoms with Crippen molar-refractivity contribution < 1.29 is 9.90 Å². The first-order chi connectivity index (χ1) is 7.61. The summed E-state index contributed by atoms with van der Waals surface area (Å²) in [5.74, 6) is -1.02. The monoisotopic (exact) mass is 256 g/mol. The van der Waals surface area contributed by atoms with Crippen LogP contribution < -0.4 is 0 Å². The van der Waals surface area contributed by atoms with Gasteiger partial charge in [-0.15, -0.1) is 11.3 Å². The highest BCUT2D eigenvalue weighted by Crippen LogP contribution is 2.31. The summed E-state index contributed by atoms with van der Waals surface area (Å²) in [6.45, 7) is 2.54. The predicted molar refractivity (Wildman–Crippen MR) is 63.2 cm³/mol. The van der Waals surface area contributed by atoms with Gasteiger partial charge in [0.25, 0.3) is 0 Å². The molecule has 0 fully saturated rings. The largest absolute Gasteiger partial charge is 0.476 e. The number of carbonyl (C=O) groups is 1. The van der Waals surface area contributed by atoms with Crippen molar-refractivity contribution in [1.29, 1.82) is 0 Å². The number of thiophene rings is 1. The fourth-order valence-electron chi connectivity index (χ4n) is 1.41. The molecule has 2 aromatic heterocycles. The third-order valence-electron chi connectivity index (χ3n) is 2.12. The number of hydrogen-bond donors (Lipinski definition) is 1. The van der Waals surface area contributed by atoms with E-state index in [-0.39, 0.29) is 5.69 Å². The molecule has 16 heavy (non-hydrogen) atoms. The average Bonchev–Trinajstić information content (AvgIpc) is 2.82. The van der Waals surface area contributed by atoms with Crippen LogP contribution in [0.2, 0.25) is 4.34 Å². The molecule has 0 saturated heterocycles. The molecule has 0 bridgehead atoms. The minimum absolute atomic E-state index is 0.0568. The van der Waals surface area contributed by atoms with Crippen LogP contribution in [0, 0.1) is 0 Å². The third kappa shape index (κ3) is 1.96. The number of hydrogen-bond acceptors (Lipinski definition) is 3. The highest BCUT2D eigenvalue weighted by atomic mass is 35.5. The summed E-state index contributed by atoms with van der Waals surface area (Å²) >= 11 is 7.25. The van der Waals surface area contributed by atoms with E-state index in [0.717, 1.165) is 10.6 Å². The van der Waals surface area contributed by atoms with Crippen LogP contribution in [0.4, 0.5) is 0 Å². The number of nitrogens with zero attached hydrogens (tertiary/aromatic N) is 2. The minimum Gasteiger partial charge on any atom is -0.476 e. The van der Waals surface area contributed by atoms with E-state index in [4.69, 9.17) is 16.7 Å². The number of rotatable bonds is 3. The van der Waals surface area contributed by atoms with E-state index >= 15 is 0 Å². The zero-order chi connectivity index (χ0) is 11.7. The van der Waals surface area contributed by atoms with Gasteiger partial charge in [-0.05, 0) is 25.1 Å². The van der Waals surface area contributed by atoms with Gasteiger partial charge < -0.3 is 5.11 Å². The highest BCUT2D eigenvalue weighted by Gasteiger charge is 2.14. The molecule has 0 radical (unpaired) electrons. The first kappa shape index (κ1) is 11.2. The molecule has 0 spiro atoms. The molecule has 0 aliphatic carbocycles. The molecule has 84 valence electrons. The summed E-state index contributed by atoms with van der Waals surface area (Å²) in [5, 5.41) is 12.9. The van der Waals surface area contributed by atoms with E-state index in [1.165, 1.54) is 11.3 Å². The van der Waals surface area contributed by atoms with Gasteiger partial charge in [0.05, 0.1) is 14.9 Å². The van der Waals surface area contributed by atoms with Crippen molar-refractivity contribution in [3.05, 3.63) is 28.2 Å². The topological polar surface area (TPSA) is 55.1 Å². The third-order valence-corrected chi connectivity index (χ3v) is 3.38. The van der Waals surface area contributed by atoms with E-state index in [1.54, 1.807) is 16.8 Å². The van der Waals surface area contributed by atoms with Gasteiger partial charge in [0, 0.05) is 6.54 Å². The minimum atomic E-state index is -1.02. The second-order valence-corrected chi connectivity index (χ2v) is 4.85. The van der Waals surface area contributed by atoms with E-state index in [0.29, 0.717) is 10.9 Å². The van der Waals surface area contributed by atoms with Gasteiger partial charge in [-0.3, -0.25) is 4.68 Å². The first-order valence-electron chi connectivity index (χ1n) is 4.68. The van der Waals surface area contributed by atoms with E-state index in [1.807, 2.05) is 13.0 Å². The maximum absolute atomic E-state index is 10.8. The Labute approximate surface area is 101 Å². The Morgan fingerprint density at radius 2 is 2.38 bits per heavy atom. The quantitative estimate of drug-likeness (QED) is 0.919. The zero-order valence-corrected chi connectivity index (χ0v) is 10.0. The predicted octanol–water partition coefficient (Wildman–Crippen LogP) is 2.98. The van der Waals surface area contributed by atoms with Crippen molar-refractivity contribution in [3.8, 4) is 10.6 Å². The Morgan fingerprint density at radius 1 is 1.62 bits per heavy atom. The lowest BCUT2D eigenvalue weighted by atomic mass is 10.3. The molecule has 1 N–H and O–H groups in total. The van der Waals surface area contributed by atoms with Gasteiger partial charge in [-0.1, -0.05) is 11.6 Å². The second-order valence-electron chi connectivity index (χ2n) is 3.14. The molecular formula is C10H9ClN2O2S. The van der Waals surface area contributed by atoms with Crippen molar-refractivity contribution in [3.63, 3.8) is 0 Å². The molecule has 4 nitrogen and oxygen atoms in total. The summed E-state index contributed by atoms with van der Waals surface area (Å²) in [6.07, 6.45) is 0. The lowest BCUT2D eigenvalue weighted by molar-refractivity contribution is 0.0689. The first-order valence-corrected chi connectivity index (χ1v) is 5.88. The molecule has 0 aliphatic rings. The van der Waals surface area contributed by atoms with Crippen molar-refractivity contribution in [2.45, 2.75) is 13.5 Å². The van der Waals surface area contributed by atoms with Gasteiger partial charge in [0.1, 0.15) is 0 Å². The summed E-state index contributed by atoms with van der Waals surface area (Å²) in [7, 11) is 0. The van der Waals surface area contributed by atoms with Crippen LogP contribution in [0.1, 0.15) is 17.4 Å². The lowest BCUT2D eigenvalue weighted by Crippen LogP contribution is -2.02. The Balaban J connectivity index is 2.51. The Hall–Kier alpha value is -1.33. The normalized spacial score (nSPS) is 10.6. The molecule has 0 amide bonds. The summed E-state index contributed by atoms with van der Waals surface area (Å²) in [5.41, 5.74) is 0.846. The Kier molecular flexibility index (Phi) is 2.98. The fourth-order valence-corrected chi connectivity index (χ4v) is 2.48. The molecule has 2 aromatic rings. The molecule has 0 aromatic carbocycles. The molecule has 0 aliphatic heterocycles. The number of halogens is 1. The lowest BCUT2D eigenvalue weighted by Gasteiger charge is -2.00. The number of carboxylic acids is 1. The van der Waals surface area contributed by atoms with Gasteiger partial charge in [-0.2, -0.15) is 5.10 Å². The Morgan fingerprint density at radius 3 is 2.88 bits per heavy atom. The van der Waals surface area contributed by atoms with Crippen LogP contribution >= 0.6 is 22.9 Å². The molecular weight excluding hydrogens is 248 g/mol. The maximum Gasteiger partial charge on any atom is 0.356 e. The van der Waals surface area contributed by atoms with Gasteiger partial charge in [-0.25, -0.2) is 4.79 Å². The van der Waals surface area contributed by atoms with Crippen molar-refractivity contribution in [2.24, 2.45) is 0 Å². The van der Waals surface area contributed by atoms with Crippen LogP contribution in [0.15, 0.2) is 18.2 Å². The van der Waals surface area contributed by atoms with E-state index < -0.39 is 5.97 Å². The smallest absolute Gasteiger partial charge is 0.356 e. The maximum atomic E-state index is 10.8. The fraction of sp³-hybridized carbons (Fsp3) is 0.200. The molecule has 0 saturated carbocycles.